The monoisotopic (exact) mass is 229 g/mol. The molecule has 0 spiro atoms. The third-order valence-corrected chi connectivity index (χ3v) is 2.71. The van der Waals surface area contributed by atoms with Crippen LogP contribution in [0.4, 0.5) is 0 Å². The summed E-state index contributed by atoms with van der Waals surface area (Å²) in [5, 5.41) is 0. The van der Waals surface area contributed by atoms with Gasteiger partial charge in [0, 0.05) is 33.7 Å². The first-order valence-electron chi connectivity index (χ1n) is 6.48. The molecule has 0 saturated heterocycles. The Balaban J connectivity index is 3.07. The van der Waals surface area contributed by atoms with Crippen molar-refractivity contribution in [1.82, 2.24) is 4.90 Å². The van der Waals surface area contributed by atoms with E-state index in [0.717, 1.165) is 32.6 Å². The van der Waals surface area contributed by atoms with Gasteiger partial charge in [-0.2, -0.15) is 0 Å². The molecule has 0 aliphatic rings. The van der Waals surface area contributed by atoms with Crippen LogP contribution in [-0.2, 0) is 9.53 Å². The lowest BCUT2D eigenvalue weighted by atomic mass is 10.2. The van der Waals surface area contributed by atoms with E-state index in [1.807, 2.05) is 7.05 Å². The van der Waals surface area contributed by atoms with Crippen LogP contribution in [0, 0.1) is 0 Å². The second kappa shape index (κ2) is 10.9. The molecule has 16 heavy (non-hydrogen) atoms. The molecule has 0 aliphatic carbocycles. The predicted molar refractivity (Wildman–Crippen MR) is 67.5 cm³/mol. The van der Waals surface area contributed by atoms with E-state index in [-0.39, 0.29) is 5.91 Å². The molecular weight excluding hydrogens is 202 g/mol. The van der Waals surface area contributed by atoms with Crippen molar-refractivity contribution < 1.29 is 9.53 Å². The van der Waals surface area contributed by atoms with Gasteiger partial charge in [-0.25, -0.2) is 0 Å². The summed E-state index contributed by atoms with van der Waals surface area (Å²) < 4.78 is 5.52. The Labute approximate surface area is 100 Å². The summed E-state index contributed by atoms with van der Waals surface area (Å²) in [5.74, 6) is 0.139. The summed E-state index contributed by atoms with van der Waals surface area (Å²) in [5.41, 5.74) is 0. The van der Waals surface area contributed by atoms with Crippen molar-refractivity contribution in [3.63, 3.8) is 0 Å². The highest BCUT2D eigenvalue weighted by Gasteiger charge is 2.00. The zero-order chi connectivity index (χ0) is 12.2. The molecule has 0 fully saturated rings. The molecule has 0 aromatic heterocycles. The molecule has 3 heteroatoms. The summed E-state index contributed by atoms with van der Waals surface area (Å²) in [7, 11) is 1.84. The molecule has 0 rings (SSSR count). The van der Waals surface area contributed by atoms with Crippen molar-refractivity contribution in [2.45, 2.75) is 52.4 Å². The largest absolute Gasteiger partial charge is 0.381 e. The van der Waals surface area contributed by atoms with Crippen LogP contribution in [0.5, 0.6) is 0 Å². The van der Waals surface area contributed by atoms with Gasteiger partial charge in [0.05, 0.1) is 0 Å². The SMILES string of the molecule is CCCCCCOCCCCN(C)C(C)=O. The van der Waals surface area contributed by atoms with Gasteiger partial charge in [0.25, 0.3) is 0 Å². The van der Waals surface area contributed by atoms with Crippen molar-refractivity contribution in [2.75, 3.05) is 26.8 Å². The molecule has 0 bridgehead atoms. The summed E-state index contributed by atoms with van der Waals surface area (Å²) in [6.45, 7) is 6.38. The van der Waals surface area contributed by atoms with E-state index in [0.29, 0.717) is 0 Å². The number of carbonyl (C=O) groups excluding carboxylic acids is 1. The minimum atomic E-state index is 0.139. The minimum absolute atomic E-state index is 0.139. The Morgan fingerprint density at radius 3 is 2.25 bits per heavy atom. The highest BCUT2D eigenvalue weighted by Crippen LogP contribution is 2.00. The van der Waals surface area contributed by atoms with E-state index in [1.54, 1.807) is 11.8 Å². The third kappa shape index (κ3) is 9.97. The Kier molecular flexibility index (Phi) is 10.5. The van der Waals surface area contributed by atoms with Crippen LogP contribution < -0.4 is 0 Å². The zero-order valence-electron chi connectivity index (χ0n) is 11.1. The lowest BCUT2D eigenvalue weighted by Gasteiger charge is -2.14. The van der Waals surface area contributed by atoms with Gasteiger partial charge in [-0.05, 0) is 19.3 Å². The minimum Gasteiger partial charge on any atom is -0.381 e. The number of hydrogen-bond donors (Lipinski definition) is 0. The Morgan fingerprint density at radius 1 is 1.06 bits per heavy atom. The second-order valence-electron chi connectivity index (χ2n) is 4.32. The van der Waals surface area contributed by atoms with Crippen LogP contribution in [0.3, 0.4) is 0 Å². The zero-order valence-corrected chi connectivity index (χ0v) is 11.1. The van der Waals surface area contributed by atoms with Crippen LogP contribution >= 0.6 is 0 Å². The summed E-state index contributed by atoms with van der Waals surface area (Å²) in [6.07, 6.45) is 7.13. The van der Waals surface area contributed by atoms with Crippen LogP contribution in [0.15, 0.2) is 0 Å². The molecule has 0 aromatic carbocycles. The van der Waals surface area contributed by atoms with E-state index in [9.17, 15) is 4.79 Å². The molecule has 0 heterocycles. The fourth-order valence-corrected chi connectivity index (χ4v) is 1.44. The molecular formula is C13H27NO2. The van der Waals surface area contributed by atoms with E-state index in [2.05, 4.69) is 6.92 Å². The van der Waals surface area contributed by atoms with Gasteiger partial charge < -0.3 is 9.64 Å². The molecule has 0 aromatic rings. The molecule has 1 amide bonds. The predicted octanol–water partition coefficient (Wildman–Crippen LogP) is 2.84. The average Bonchev–Trinajstić information content (AvgIpc) is 2.26. The second-order valence-corrected chi connectivity index (χ2v) is 4.32. The number of ether oxygens (including phenoxy) is 1. The van der Waals surface area contributed by atoms with E-state index in [1.165, 1.54) is 25.7 Å². The maximum absolute atomic E-state index is 10.9. The van der Waals surface area contributed by atoms with Gasteiger partial charge in [0.15, 0.2) is 0 Å². The lowest BCUT2D eigenvalue weighted by Crippen LogP contribution is -2.24. The number of rotatable bonds is 10. The number of hydrogen-bond acceptors (Lipinski definition) is 2. The molecule has 0 unspecified atom stereocenters. The number of nitrogens with zero attached hydrogens (tertiary/aromatic N) is 1. The number of unbranched alkanes of at least 4 members (excludes halogenated alkanes) is 4. The maximum atomic E-state index is 10.9. The van der Waals surface area contributed by atoms with Crippen molar-refractivity contribution in [3.05, 3.63) is 0 Å². The first-order chi connectivity index (χ1) is 7.68. The fourth-order valence-electron chi connectivity index (χ4n) is 1.44. The standard InChI is InChI=1S/C13H27NO2/c1-4-5-6-8-11-16-12-9-7-10-14(3)13(2)15/h4-12H2,1-3H3. The van der Waals surface area contributed by atoms with E-state index >= 15 is 0 Å². The first kappa shape index (κ1) is 15.4. The average molecular weight is 229 g/mol. The smallest absolute Gasteiger partial charge is 0.219 e. The lowest BCUT2D eigenvalue weighted by molar-refractivity contribution is -0.127. The van der Waals surface area contributed by atoms with Crippen molar-refractivity contribution in [1.29, 1.82) is 0 Å². The van der Waals surface area contributed by atoms with Crippen molar-refractivity contribution in [3.8, 4) is 0 Å². The van der Waals surface area contributed by atoms with Crippen molar-refractivity contribution in [2.24, 2.45) is 0 Å². The van der Waals surface area contributed by atoms with Gasteiger partial charge in [-0.1, -0.05) is 26.2 Å². The van der Waals surface area contributed by atoms with Crippen LogP contribution in [0.1, 0.15) is 52.4 Å². The molecule has 0 atom stereocenters. The van der Waals surface area contributed by atoms with E-state index in [4.69, 9.17) is 4.74 Å². The molecule has 0 aliphatic heterocycles. The normalized spacial score (nSPS) is 10.4. The molecule has 0 N–H and O–H groups in total. The van der Waals surface area contributed by atoms with E-state index < -0.39 is 0 Å². The van der Waals surface area contributed by atoms with Gasteiger partial charge in [0.2, 0.25) is 5.91 Å². The maximum Gasteiger partial charge on any atom is 0.219 e. The highest BCUT2D eigenvalue weighted by atomic mass is 16.5. The Hall–Kier alpha value is -0.570. The Bertz CT molecular complexity index is 171. The molecule has 3 nitrogen and oxygen atoms in total. The van der Waals surface area contributed by atoms with Gasteiger partial charge >= 0.3 is 0 Å². The van der Waals surface area contributed by atoms with Crippen LogP contribution in [0.2, 0.25) is 0 Å². The third-order valence-electron chi connectivity index (χ3n) is 2.71. The van der Waals surface area contributed by atoms with Gasteiger partial charge in [0.1, 0.15) is 0 Å². The number of carbonyl (C=O) groups is 1. The number of amides is 1. The van der Waals surface area contributed by atoms with Crippen LogP contribution in [-0.4, -0.2) is 37.6 Å². The topological polar surface area (TPSA) is 29.5 Å². The molecule has 96 valence electrons. The quantitative estimate of drug-likeness (QED) is 0.539. The van der Waals surface area contributed by atoms with Crippen LogP contribution in [0.25, 0.3) is 0 Å². The summed E-state index contributed by atoms with van der Waals surface area (Å²) in [4.78, 5) is 12.7. The van der Waals surface area contributed by atoms with Gasteiger partial charge in [-0.3, -0.25) is 4.79 Å². The van der Waals surface area contributed by atoms with Crippen molar-refractivity contribution >= 4 is 5.91 Å². The van der Waals surface area contributed by atoms with Gasteiger partial charge in [-0.15, -0.1) is 0 Å². The molecule has 0 radical (unpaired) electrons. The Morgan fingerprint density at radius 2 is 1.69 bits per heavy atom. The highest BCUT2D eigenvalue weighted by molar-refractivity contribution is 5.72. The summed E-state index contributed by atoms with van der Waals surface area (Å²) in [6, 6.07) is 0. The fraction of sp³-hybridized carbons (Fsp3) is 0.923. The first-order valence-corrected chi connectivity index (χ1v) is 6.48. The molecule has 0 saturated carbocycles. The summed E-state index contributed by atoms with van der Waals surface area (Å²) >= 11 is 0.